The number of aromatic hydroxyl groups is 1. The Labute approximate surface area is 150 Å². The number of hydrogen-bond acceptors (Lipinski definition) is 4. The lowest BCUT2D eigenvalue weighted by molar-refractivity contribution is -0.140. The summed E-state index contributed by atoms with van der Waals surface area (Å²) >= 11 is 2.65. The maximum atomic E-state index is 12.8. The van der Waals surface area contributed by atoms with Crippen LogP contribution in [0.15, 0.2) is 16.6 Å². The normalized spacial score (nSPS) is 13.2. The fourth-order valence-electron chi connectivity index (χ4n) is 1.86. The van der Waals surface area contributed by atoms with Gasteiger partial charge in [-0.15, -0.1) is 0 Å². The molecule has 10 heteroatoms. The Morgan fingerprint density at radius 2 is 1.84 bits per heavy atom. The van der Waals surface area contributed by atoms with Crippen LogP contribution in [0.1, 0.15) is 31.9 Å². The third-order valence-corrected chi connectivity index (χ3v) is 3.72. The molecule has 0 aliphatic heterocycles. The molecule has 1 amide bonds. The number of alkyl halides is 3. The van der Waals surface area contributed by atoms with Crippen LogP contribution in [0.3, 0.4) is 0 Å². The molecule has 0 fully saturated rings. The van der Waals surface area contributed by atoms with Gasteiger partial charge in [0, 0.05) is 6.42 Å². The summed E-state index contributed by atoms with van der Waals surface area (Å²) in [7, 11) is 0. The molecule has 0 aliphatic rings. The lowest BCUT2D eigenvalue weighted by Crippen LogP contribution is -2.44. The van der Waals surface area contributed by atoms with Crippen LogP contribution in [0, 0.1) is 0 Å². The van der Waals surface area contributed by atoms with Crippen molar-refractivity contribution in [3.05, 3.63) is 27.7 Å². The quantitative estimate of drug-likeness (QED) is 0.680. The standard InChI is InChI=1S/C15H17BrF3NO5/c1-14(2,3)25-13(24)20-9(12(22)23)6-7-4-5-8(15(17,18)19)10(16)11(7)21/h4-5,9,21H,6H2,1-3H3,(H,20,24)(H,22,23)/t9-/m0/s1. The number of carbonyl (C=O) groups is 2. The van der Waals surface area contributed by atoms with Gasteiger partial charge < -0.3 is 20.3 Å². The van der Waals surface area contributed by atoms with E-state index in [0.29, 0.717) is 6.07 Å². The number of carboxylic acids is 1. The van der Waals surface area contributed by atoms with Crippen molar-refractivity contribution in [1.29, 1.82) is 0 Å². The number of nitrogens with one attached hydrogen (secondary N) is 1. The van der Waals surface area contributed by atoms with E-state index in [0.717, 1.165) is 6.07 Å². The Bertz CT molecular complexity index is 670. The molecule has 25 heavy (non-hydrogen) atoms. The summed E-state index contributed by atoms with van der Waals surface area (Å²) in [5.74, 6) is -2.17. The minimum atomic E-state index is -4.68. The molecule has 3 N–H and O–H groups in total. The maximum Gasteiger partial charge on any atom is 0.417 e. The van der Waals surface area contributed by atoms with E-state index in [1.54, 1.807) is 20.8 Å². The number of amides is 1. The highest BCUT2D eigenvalue weighted by Gasteiger charge is 2.35. The van der Waals surface area contributed by atoms with E-state index in [9.17, 15) is 33.0 Å². The summed E-state index contributed by atoms with van der Waals surface area (Å²) in [6.07, 6.45) is -6.11. The molecule has 0 unspecified atom stereocenters. The number of halogens is 4. The highest BCUT2D eigenvalue weighted by atomic mass is 79.9. The van der Waals surface area contributed by atoms with Crippen molar-refractivity contribution in [1.82, 2.24) is 5.32 Å². The van der Waals surface area contributed by atoms with Crippen molar-refractivity contribution in [2.45, 2.75) is 45.0 Å². The lowest BCUT2D eigenvalue weighted by Gasteiger charge is -2.22. The van der Waals surface area contributed by atoms with Gasteiger partial charge >= 0.3 is 18.2 Å². The smallest absolute Gasteiger partial charge is 0.417 e. The van der Waals surface area contributed by atoms with Crippen LogP contribution in [0.2, 0.25) is 0 Å². The molecule has 0 radical (unpaired) electrons. The van der Waals surface area contributed by atoms with E-state index in [1.165, 1.54) is 0 Å². The minimum Gasteiger partial charge on any atom is -0.506 e. The molecule has 0 saturated heterocycles. The highest BCUT2D eigenvalue weighted by molar-refractivity contribution is 9.10. The van der Waals surface area contributed by atoms with E-state index in [4.69, 9.17) is 4.74 Å². The van der Waals surface area contributed by atoms with Gasteiger partial charge in [0.05, 0.1) is 10.0 Å². The van der Waals surface area contributed by atoms with Gasteiger partial charge in [-0.1, -0.05) is 6.07 Å². The van der Waals surface area contributed by atoms with Gasteiger partial charge in [-0.2, -0.15) is 13.2 Å². The molecule has 0 bridgehead atoms. The monoisotopic (exact) mass is 427 g/mol. The number of phenolic OH excluding ortho intramolecular Hbond substituents is 1. The number of phenols is 1. The van der Waals surface area contributed by atoms with Crippen molar-refractivity contribution in [2.24, 2.45) is 0 Å². The number of hydrogen-bond donors (Lipinski definition) is 3. The number of ether oxygens (including phenoxy) is 1. The van der Waals surface area contributed by atoms with E-state index < -0.39 is 52.1 Å². The molecule has 0 spiro atoms. The topological polar surface area (TPSA) is 95.9 Å². The Balaban J connectivity index is 3.02. The first kappa shape index (κ1) is 21.1. The van der Waals surface area contributed by atoms with E-state index in [2.05, 4.69) is 21.2 Å². The van der Waals surface area contributed by atoms with E-state index in [1.807, 2.05) is 0 Å². The van der Waals surface area contributed by atoms with Crippen LogP contribution in [-0.2, 0) is 22.1 Å². The Morgan fingerprint density at radius 1 is 1.28 bits per heavy atom. The van der Waals surface area contributed by atoms with Crippen LogP contribution in [0.4, 0.5) is 18.0 Å². The molecule has 1 aromatic carbocycles. The molecule has 0 aromatic heterocycles. The first-order chi connectivity index (χ1) is 11.2. The second-order valence-corrected chi connectivity index (χ2v) is 6.97. The average molecular weight is 428 g/mol. The maximum absolute atomic E-state index is 12.8. The minimum absolute atomic E-state index is 0.0802. The van der Waals surface area contributed by atoms with Gasteiger partial charge in [-0.25, -0.2) is 9.59 Å². The third-order valence-electron chi connectivity index (χ3n) is 2.92. The number of aliphatic carboxylic acids is 1. The van der Waals surface area contributed by atoms with Gasteiger partial charge in [0.15, 0.2) is 0 Å². The van der Waals surface area contributed by atoms with Crippen LogP contribution in [-0.4, -0.2) is 33.9 Å². The van der Waals surface area contributed by atoms with Gasteiger partial charge in [0.25, 0.3) is 0 Å². The predicted molar refractivity (Wildman–Crippen MR) is 85.3 cm³/mol. The molecule has 0 heterocycles. The summed E-state index contributed by atoms with van der Waals surface area (Å²) in [6, 6.07) is 0.172. The summed E-state index contributed by atoms with van der Waals surface area (Å²) in [5.41, 5.74) is -2.03. The van der Waals surface area contributed by atoms with Crippen molar-refractivity contribution in [3.63, 3.8) is 0 Å². The van der Waals surface area contributed by atoms with Crippen molar-refractivity contribution < 1.29 is 37.7 Å². The number of carbonyl (C=O) groups excluding carboxylic acids is 1. The van der Waals surface area contributed by atoms with Gasteiger partial charge in [-0.05, 0) is 48.3 Å². The molecular formula is C15H17BrF3NO5. The number of alkyl carbamates (subject to hydrolysis) is 1. The fourth-order valence-corrected chi connectivity index (χ4v) is 2.47. The zero-order valence-electron chi connectivity index (χ0n) is 13.6. The zero-order chi connectivity index (χ0) is 19.6. The number of carboxylic acid groups (broad SMARTS) is 1. The Morgan fingerprint density at radius 3 is 2.28 bits per heavy atom. The zero-order valence-corrected chi connectivity index (χ0v) is 15.2. The summed E-state index contributed by atoms with van der Waals surface area (Å²) in [6.45, 7) is 4.75. The Hall–Kier alpha value is -1.97. The van der Waals surface area contributed by atoms with Gasteiger partial charge in [-0.3, -0.25) is 0 Å². The van der Waals surface area contributed by atoms with E-state index in [-0.39, 0.29) is 5.56 Å². The predicted octanol–water partition coefficient (Wildman–Crippen LogP) is 3.69. The first-order valence-corrected chi connectivity index (χ1v) is 7.81. The Kier molecular flexibility index (Phi) is 6.33. The SMILES string of the molecule is CC(C)(C)OC(=O)N[C@@H](Cc1ccc(C(F)(F)F)c(Br)c1O)C(=O)O. The largest absolute Gasteiger partial charge is 0.506 e. The van der Waals surface area contributed by atoms with Crippen LogP contribution in [0.25, 0.3) is 0 Å². The van der Waals surface area contributed by atoms with Crippen LogP contribution in [0.5, 0.6) is 5.75 Å². The van der Waals surface area contributed by atoms with Gasteiger partial charge in [0.2, 0.25) is 0 Å². The van der Waals surface area contributed by atoms with Crippen molar-refractivity contribution in [2.75, 3.05) is 0 Å². The molecule has 1 rings (SSSR count). The van der Waals surface area contributed by atoms with E-state index >= 15 is 0 Å². The van der Waals surface area contributed by atoms with Crippen LogP contribution >= 0.6 is 15.9 Å². The summed E-state index contributed by atoms with van der Waals surface area (Å²) < 4.78 is 42.7. The molecule has 140 valence electrons. The second kappa shape index (κ2) is 7.51. The third kappa shape index (κ3) is 6.11. The summed E-state index contributed by atoms with van der Waals surface area (Å²) in [5, 5.41) is 21.2. The highest BCUT2D eigenvalue weighted by Crippen LogP contribution is 2.41. The number of benzene rings is 1. The fraction of sp³-hybridized carbons (Fsp3) is 0.467. The molecule has 1 atom stereocenters. The molecule has 0 saturated carbocycles. The molecule has 0 aliphatic carbocycles. The molecular weight excluding hydrogens is 411 g/mol. The van der Waals surface area contributed by atoms with Crippen molar-refractivity contribution >= 4 is 28.0 Å². The summed E-state index contributed by atoms with van der Waals surface area (Å²) in [4.78, 5) is 23.0. The van der Waals surface area contributed by atoms with Crippen molar-refractivity contribution in [3.8, 4) is 5.75 Å². The second-order valence-electron chi connectivity index (χ2n) is 6.17. The van der Waals surface area contributed by atoms with Crippen LogP contribution < -0.4 is 5.32 Å². The molecule has 6 nitrogen and oxygen atoms in total. The lowest BCUT2D eigenvalue weighted by atomic mass is 10.0. The number of rotatable bonds is 4. The van der Waals surface area contributed by atoms with Gasteiger partial charge in [0.1, 0.15) is 17.4 Å². The average Bonchev–Trinajstić information content (AvgIpc) is 2.39. The first-order valence-electron chi connectivity index (χ1n) is 7.02. The molecule has 1 aromatic rings.